The summed E-state index contributed by atoms with van der Waals surface area (Å²) in [4.78, 5) is 24.6. The Hall–Kier alpha value is -2.08. The van der Waals surface area contributed by atoms with Crippen molar-refractivity contribution in [1.29, 1.82) is 0 Å². The number of ether oxygens (including phenoxy) is 1. The molecule has 3 N–H and O–H groups in total. The van der Waals surface area contributed by atoms with Crippen molar-refractivity contribution >= 4 is 11.8 Å². The van der Waals surface area contributed by atoms with Gasteiger partial charge in [-0.25, -0.2) is 0 Å². The van der Waals surface area contributed by atoms with Crippen LogP contribution in [0.1, 0.15) is 31.9 Å². The highest BCUT2D eigenvalue weighted by Gasteiger charge is 2.18. The Morgan fingerprint density at radius 3 is 2.36 bits per heavy atom. The molecule has 140 valence electrons. The van der Waals surface area contributed by atoms with Gasteiger partial charge < -0.3 is 20.3 Å². The Balaban J connectivity index is 2.25. The molecule has 1 rings (SSSR count). The normalized spacial score (nSPS) is 12.4. The average molecular weight is 350 g/mol. The van der Waals surface area contributed by atoms with Crippen molar-refractivity contribution < 1.29 is 19.2 Å². The molecule has 2 amide bonds. The SMILES string of the molecule is Cc1ccc(OCCNC(=O)C[NH+](C)CC(=O)NC(C)(C)C)c(C)c1. The van der Waals surface area contributed by atoms with Crippen LogP contribution in [0.4, 0.5) is 0 Å². The van der Waals surface area contributed by atoms with Gasteiger partial charge in [-0.05, 0) is 46.2 Å². The van der Waals surface area contributed by atoms with E-state index in [1.807, 2.05) is 53.8 Å². The highest BCUT2D eigenvalue weighted by molar-refractivity contribution is 5.79. The van der Waals surface area contributed by atoms with Crippen LogP contribution in [0, 0.1) is 13.8 Å². The monoisotopic (exact) mass is 350 g/mol. The van der Waals surface area contributed by atoms with E-state index in [2.05, 4.69) is 16.7 Å². The minimum Gasteiger partial charge on any atom is -0.491 e. The molecule has 0 saturated carbocycles. The summed E-state index contributed by atoms with van der Waals surface area (Å²) < 4.78 is 5.68. The predicted octanol–water partition coefficient (Wildman–Crippen LogP) is 0.228. The van der Waals surface area contributed by atoms with Gasteiger partial charge in [0.1, 0.15) is 12.4 Å². The molecule has 0 heterocycles. The van der Waals surface area contributed by atoms with E-state index in [0.29, 0.717) is 13.2 Å². The van der Waals surface area contributed by atoms with E-state index in [1.165, 1.54) is 5.56 Å². The van der Waals surface area contributed by atoms with E-state index in [4.69, 9.17) is 4.74 Å². The van der Waals surface area contributed by atoms with Crippen LogP contribution < -0.4 is 20.3 Å². The standard InChI is InChI=1S/C19H31N3O3/c1-14-7-8-16(15(2)11-14)25-10-9-20-17(23)12-22(6)13-18(24)21-19(3,4)5/h7-8,11H,9-10,12-13H2,1-6H3,(H,20,23)(H,21,24)/p+1. The second-order valence-electron chi connectivity index (χ2n) is 7.58. The fraction of sp³-hybridized carbons (Fsp3) is 0.579. The van der Waals surface area contributed by atoms with E-state index in [0.717, 1.165) is 16.2 Å². The summed E-state index contributed by atoms with van der Waals surface area (Å²) in [5, 5.41) is 5.71. The summed E-state index contributed by atoms with van der Waals surface area (Å²) in [6, 6.07) is 6.01. The zero-order chi connectivity index (χ0) is 19.0. The molecule has 0 fully saturated rings. The van der Waals surface area contributed by atoms with Crippen molar-refractivity contribution in [2.24, 2.45) is 0 Å². The maximum absolute atomic E-state index is 11.9. The van der Waals surface area contributed by atoms with Crippen LogP contribution in [0.15, 0.2) is 18.2 Å². The Morgan fingerprint density at radius 1 is 1.12 bits per heavy atom. The lowest BCUT2D eigenvalue weighted by Gasteiger charge is -2.21. The van der Waals surface area contributed by atoms with Crippen LogP contribution in [-0.4, -0.2) is 50.6 Å². The summed E-state index contributed by atoms with van der Waals surface area (Å²) in [6.07, 6.45) is 0. The van der Waals surface area contributed by atoms with Crippen molar-refractivity contribution in [1.82, 2.24) is 10.6 Å². The summed E-state index contributed by atoms with van der Waals surface area (Å²) in [7, 11) is 1.83. The predicted molar refractivity (Wildman–Crippen MR) is 98.9 cm³/mol. The Morgan fingerprint density at radius 2 is 1.76 bits per heavy atom. The fourth-order valence-corrected chi connectivity index (χ4v) is 2.45. The van der Waals surface area contributed by atoms with Gasteiger partial charge in [0.2, 0.25) is 0 Å². The molecule has 1 aromatic carbocycles. The lowest BCUT2D eigenvalue weighted by atomic mass is 10.1. The number of carbonyl (C=O) groups excluding carboxylic acids is 2. The molecule has 6 heteroatoms. The number of rotatable bonds is 8. The summed E-state index contributed by atoms with van der Waals surface area (Å²) in [5.41, 5.74) is 2.02. The average Bonchev–Trinajstić information content (AvgIpc) is 2.42. The number of hydrogen-bond acceptors (Lipinski definition) is 3. The van der Waals surface area contributed by atoms with Crippen molar-refractivity contribution in [2.75, 3.05) is 33.3 Å². The first kappa shape index (κ1) is 21.0. The van der Waals surface area contributed by atoms with Crippen molar-refractivity contribution in [3.8, 4) is 5.75 Å². The van der Waals surface area contributed by atoms with E-state index in [1.54, 1.807) is 0 Å². The molecule has 6 nitrogen and oxygen atoms in total. The molecular weight excluding hydrogens is 318 g/mol. The second-order valence-corrected chi connectivity index (χ2v) is 7.58. The van der Waals surface area contributed by atoms with Gasteiger partial charge in [-0.15, -0.1) is 0 Å². The zero-order valence-corrected chi connectivity index (χ0v) is 16.3. The van der Waals surface area contributed by atoms with Gasteiger partial charge in [0.05, 0.1) is 13.6 Å². The number of aryl methyl sites for hydroxylation is 2. The van der Waals surface area contributed by atoms with E-state index in [9.17, 15) is 9.59 Å². The van der Waals surface area contributed by atoms with E-state index < -0.39 is 0 Å². The van der Waals surface area contributed by atoms with Crippen molar-refractivity contribution in [2.45, 2.75) is 40.2 Å². The Kier molecular flexibility index (Phi) is 7.90. The molecule has 25 heavy (non-hydrogen) atoms. The highest BCUT2D eigenvalue weighted by atomic mass is 16.5. The molecule has 0 aliphatic rings. The van der Waals surface area contributed by atoms with Crippen molar-refractivity contribution in [3.05, 3.63) is 29.3 Å². The summed E-state index contributed by atoms with van der Waals surface area (Å²) in [5.74, 6) is 0.683. The minimum absolute atomic E-state index is 0.0593. The largest absolute Gasteiger partial charge is 0.491 e. The topological polar surface area (TPSA) is 71.9 Å². The Labute approximate surface area is 150 Å². The van der Waals surface area contributed by atoms with Crippen LogP contribution in [0.25, 0.3) is 0 Å². The maximum Gasteiger partial charge on any atom is 0.275 e. The third kappa shape index (κ3) is 9.10. The molecule has 0 aromatic heterocycles. The third-order valence-electron chi connectivity index (χ3n) is 3.45. The van der Waals surface area contributed by atoms with Crippen LogP contribution in [0.5, 0.6) is 5.75 Å². The smallest absolute Gasteiger partial charge is 0.275 e. The van der Waals surface area contributed by atoms with Crippen LogP contribution in [-0.2, 0) is 9.59 Å². The fourth-order valence-electron chi connectivity index (χ4n) is 2.45. The number of amides is 2. The quantitative estimate of drug-likeness (QED) is 0.588. The molecule has 0 spiro atoms. The third-order valence-corrected chi connectivity index (χ3v) is 3.45. The number of hydrogen-bond donors (Lipinski definition) is 3. The minimum atomic E-state index is -0.259. The first-order valence-electron chi connectivity index (χ1n) is 8.66. The Bertz CT molecular complexity index is 594. The lowest BCUT2D eigenvalue weighted by molar-refractivity contribution is -0.862. The molecule has 0 radical (unpaired) electrons. The molecule has 0 saturated heterocycles. The molecule has 0 aliphatic heterocycles. The van der Waals surface area contributed by atoms with Gasteiger partial charge in [0.25, 0.3) is 11.8 Å². The molecule has 0 aliphatic carbocycles. The number of likely N-dealkylation sites (N-methyl/N-ethyl adjacent to an activating group) is 1. The van der Waals surface area contributed by atoms with Gasteiger partial charge >= 0.3 is 0 Å². The second kappa shape index (κ2) is 9.42. The summed E-state index contributed by atoms with van der Waals surface area (Å²) in [6.45, 7) is 11.2. The lowest BCUT2D eigenvalue weighted by Crippen LogP contribution is -3.11. The molecule has 0 bridgehead atoms. The number of nitrogens with one attached hydrogen (secondary N) is 3. The number of quaternary nitrogens is 1. The molecule has 1 atom stereocenters. The first-order valence-corrected chi connectivity index (χ1v) is 8.66. The highest BCUT2D eigenvalue weighted by Crippen LogP contribution is 2.18. The number of benzene rings is 1. The van der Waals surface area contributed by atoms with E-state index in [-0.39, 0.29) is 30.4 Å². The van der Waals surface area contributed by atoms with Gasteiger partial charge in [0, 0.05) is 5.54 Å². The van der Waals surface area contributed by atoms with Crippen molar-refractivity contribution in [3.63, 3.8) is 0 Å². The van der Waals surface area contributed by atoms with Gasteiger partial charge in [-0.2, -0.15) is 0 Å². The van der Waals surface area contributed by atoms with E-state index >= 15 is 0 Å². The van der Waals surface area contributed by atoms with Gasteiger partial charge in [0.15, 0.2) is 13.1 Å². The number of carbonyl (C=O) groups is 2. The van der Waals surface area contributed by atoms with Gasteiger partial charge in [-0.1, -0.05) is 17.7 Å². The molecular formula is C19H32N3O3+. The van der Waals surface area contributed by atoms with Crippen LogP contribution in [0.2, 0.25) is 0 Å². The molecule has 1 aromatic rings. The summed E-state index contributed by atoms with van der Waals surface area (Å²) >= 11 is 0. The van der Waals surface area contributed by atoms with Crippen LogP contribution >= 0.6 is 0 Å². The molecule has 1 unspecified atom stereocenters. The maximum atomic E-state index is 11.9. The first-order chi connectivity index (χ1) is 11.6. The van der Waals surface area contributed by atoms with Crippen LogP contribution in [0.3, 0.4) is 0 Å². The zero-order valence-electron chi connectivity index (χ0n) is 16.3. The van der Waals surface area contributed by atoms with Gasteiger partial charge in [-0.3, -0.25) is 9.59 Å².